The predicted molar refractivity (Wildman–Crippen MR) is 46.0 cm³/mol. The standard InChI is InChI=1S/C6H12Br2/c1-6(2,3)5(8)4-7/h5H,4H2,1-3H3/t5-/m0/s1. The maximum absolute atomic E-state index is 3.55. The molecule has 0 fully saturated rings. The van der Waals surface area contributed by atoms with Crippen molar-refractivity contribution in [3.8, 4) is 0 Å². The Morgan fingerprint density at radius 2 is 1.75 bits per heavy atom. The summed E-state index contributed by atoms with van der Waals surface area (Å²) in [5, 5.41) is 1.02. The molecule has 0 aliphatic carbocycles. The molecule has 0 nitrogen and oxygen atoms in total. The van der Waals surface area contributed by atoms with E-state index in [0.717, 1.165) is 5.33 Å². The van der Waals surface area contributed by atoms with Gasteiger partial charge in [-0.05, 0) is 5.41 Å². The van der Waals surface area contributed by atoms with Crippen molar-refractivity contribution in [2.45, 2.75) is 25.6 Å². The molecule has 8 heavy (non-hydrogen) atoms. The predicted octanol–water partition coefficient (Wildman–Crippen LogP) is 3.19. The lowest BCUT2D eigenvalue weighted by atomic mass is 9.93. The minimum Gasteiger partial charge on any atom is -0.0916 e. The first kappa shape index (κ1) is 8.96. The van der Waals surface area contributed by atoms with Crippen molar-refractivity contribution in [2.24, 2.45) is 5.41 Å². The van der Waals surface area contributed by atoms with Crippen LogP contribution >= 0.6 is 31.9 Å². The molecule has 50 valence electrons. The van der Waals surface area contributed by atoms with Gasteiger partial charge in [-0.1, -0.05) is 52.6 Å². The van der Waals surface area contributed by atoms with Crippen LogP contribution in [0.2, 0.25) is 0 Å². The van der Waals surface area contributed by atoms with E-state index >= 15 is 0 Å². The number of hydrogen-bond donors (Lipinski definition) is 0. The molecule has 0 radical (unpaired) electrons. The first-order chi connectivity index (χ1) is 3.48. The molecule has 0 rings (SSSR count). The van der Waals surface area contributed by atoms with Crippen molar-refractivity contribution in [1.82, 2.24) is 0 Å². The monoisotopic (exact) mass is 242 g/mol. The SMILES string of the molecule is CC(C)(C)[C@@H](Br)CBr. The number of halogens is 2. The molecule has 0 aliphatic heterocycles. The molecule has 0 aromatic heterocycles. The van der Waals surface area contributed by atoms with Crippen LogP contribution in [0.15, 0.2) is 0 Å². The molecule has 0 aliphatic rings. The van der Waals surface area contributed by atoms with Crippen LogP contribution in [0.3, 0.4) is 0 Å². The summed E-state index contributed by atoms with van der Waals surface area (Å²) in [6.07, 6.45) is 0. The van der Waals surface area contributed by atoms with Gasteiger partial charge in [0.1, 0.15) is 0 Å². The summed E-state index contributed by atoms with van der Waals surface area (Å²) in [6.45, 7) is 6.65. The Bertz CT molecular complexity index is 63.4. The zero-order chi connectivity index (χ0) is 6.78. The van der Waals surface area contributed by atoms with E-state index in [9.17, 15) is 0 Å². The van der Waals surface area contributed by atoms with Crippen LogP contribution in [-0.4, -0.2) is 10.2 Å². The van der Waals surface area contributed by atoms with Gasteiger partial charge in [0.05, 0.1) is 0 Å². The van der Waals surface area contributed by atoms with Crippen molar-refractivity contribution in [3.63, 3.8) is 0 Å². The van der Waals surface area contributed by atoms with Crippen LogP contribution in [0.5, 0.6) is 0 Å². The fourth-order valence-corrected chi connectivity index (χ4v) is 1.20. The van der Waals surface area contributed by atoms with Gasteiger partial charge >= 0.3 is 0 Å². The maximum atomic E-state index is 3.55. The number of alkyl halides is 2. The van der Waals surface area contributed by atoms with Crippen molar-refractivity contribution in [3.05, 3.63) is 0 Å². The van der Waals surface area contributed by atoms with Gasteiger partial charge in [0, 0.05) is 10.2 Å². The van der Waals surface area contributed by atoms with Gasteiger partial charge in [-0.25, -0.2) is 0 Å². The van der Waals surface area contributed by atoms with Crippen molar-refractivity contribution < 1.29 is 0 Å². The van der Waals surface area contributed by atoms with E-state index in [1.54, 1.807) is 0 Å². The molecule has 0 spiro atoms. The third-order valence-electron chi connectivity index (χ3n) is 1.08. The van der Waals surface area contributed by atoms with E-state index in [4.69, 9.17) is 0 Å². The van der Waals surface area contributed by atoms with Gasteiger partial charge in [0.2, 0.25) is 0 Å². The fourth-order valence-electron chi connectivity index (χ4n) is 0.231. The van der Waals surface area contributed by atoms with Crippen molar-refractivity contribution >= 4 is 31.9 Å². The summed E-state index contributed by atoms with van der Waals surface area (Å²) in [4.78, 5) is 0.579. The lowest BCUT2D eigenvalue weighted by Crippen LogP contribution is -2.20. The Hall–Kier alpha value is 0.960. The zero-order valence-electron chi connectivity index (χ0n) is 5.54. The van der Waals surface area contributed by atoms with E-state index in [1.165, 1.54) is 0 Å². The van der Waals surface area contributed by atoms with Gasteiger partial charge in [0.15, 0.2) is 0 Å². The summed E-state index contributed by atoms with van der Waals surface area (Å²) in [5.41, 5.74) is 0.378. The molecule has 0 aromatic rings. The molecule has 0 saturated heterocycles. The topological polar surface area (TPSA) is 0 Å². The molecule has 1 atom stereocenters. The van der Waals surface area contributed by atoms with E-state index in [0.29, 0.717) is 10.2 Å². The first-order valence-corrected chi connectivity index (χ1v) is 4.72. The van der Waals surface area contributed by atoms with Gasteiger partial charge < -0.3 is 0 Å². The van der Waals surface area contributed by atoms with Crippen molar-refractivity contribution in [2.75, 3.05) is 5.33 Å². The fraction of sp³-hybridized carbons (Fsp3) is 1.00. The van der Waals surface area contributed by atoms with Gasteiger partial charge in [-0.2, -0.15) is 0 Å². The summed E-state index contributed by atoms with van der Waals surface area (Å²) in [6, 6.07) is 0. The average Bonchev–Trinajstić information content (AvgIpc) is 1.62. The lowest BCUT2D eigenvalue weighted by molar-refractivity contribution is 0.421. The number of rotatable bonds is 1. The van der Waals surface area contributed by atoms with Crippen LogP contribution in [0.25, 0.3) is 0 Å². The summed E-state index contributed by atoms with van der Waals surface area (Å²) >= 11 is 6.95. The molecule has 0 saturated carbocycles. The van der Waals surface area contributed by atoms with E-state index in [1.807, 2.05) is 0 Å². The zero-order valence-corrected chi connectivity index (χ0v) is 8.71. The summed E-state index contributed by atoms with van der Waals surface area (Å²) in [5.74, 6) is 0. The second-order valence-electron chi connectivity index (χ2n) is 2.99. The third kappa shape index (κ3) is 3.08. The second-order valence-corrected chi connectivity index (χ2v) is 4.74. The maximum Gasteiger partial charge on any atom is 0.0291 e. The smallest absolute Gasteiger partial charge is 0.0291 e. The van der Waals surface area contributed by atoms with E-state index < -0.39 is 0 Å². The van der Waals surface area contributed by atoms with Crippen LogP contribution in [0.4, 0.5) is 0 Å². The summed E-state index contributed by atoms with van der Waals surface area (Å²) < 4.78 is 0. The highest BCUT2D eigenvalue weighted by molar-refractivity contribution is 9.12. The average molecular weight is 244 g/mol. The van der Waals surface area contributed by atoms with E-state index in [-0.39, 0.29) is 0 Å². The molecule has 0 amide bonds. The van der Waals surface area contributed by atoms with Crippen LogP contribution in [0, 0.1) is 5.41 Å². The Balaban J connectivity index is 3.62. The molecule has 0 heterocycles. The second kappa shape index (κ2) is 3.21. The Kier molecular flexibility index (Phi) is 3.60. The molecule has 0 unspecified atom stereocenters. The Labute approximate surface area is 68.3 Å². The van der Waals surface area contributed by atoms with E-state index in [2.05, 4.69) is 52.6 Å². The van der Waals surface area contributed by atoms with Crippen molar-refractivity contribution in [1.29, 1.82) is 0 Å². The minimum atomic E-state index is 0.378. The Morgan fingerprint density at radius 1 is 1.38 bits per heavy atom. The van der Waals surface area contributed by atoms with Crippen LogP contribution < -0.4 is 0 Å². The number of hydrogen-bond acceptors (Lipinski definition) is 0. The highest BCUT2D eigenvalue weighted by Crippen LogP contribution is 2.26. The quantitative estimate of drug-likeness (QED) is 0.621. The molecule has 0 N–H and O–H groups in total. The highest BCUT2D eigenvalue weighted by Gasteiger charge is 2.19. The molecule has 0 aromatic carbocycles. The largest absolute Gasteiger partial charge is 0.0916 e. The third-order valence-corrected chi connectivity index (χ3v) is 4.29. The molecule has 2 heteroatoms. The minimum absolute atomic E-state index is 0.378. The first-order valence-electron chi connectivity index (χ1n) is 2.68. The molecule has 0 bridgehead atoms. The summed E-state index contributed by atoms with van der Waals surface area (Å²) in [7, 11) is 0. The molecular weight excluding hydrogens is 232 g/mol. The van der Waals surface area contributed by atoms with Crippen LogP contribution in [-0.2, 0) is 0 Å². The lowest BCUT2D eigenvalue weighted by Gasteiger charge is -2.22. The molecular formula is C6H12Br2. The highest BCUT2D eigenvalue weighted by atomic mass is 79.9. The van der Waals surface area contributed by atoms with Gasteiger partial charge in [-0.15, -0.1) is 0 Å². The normalized spacial score (nSPS) is 16.1. The van der Waals surface area contributed by atoms with Crippen LogP contribution in [0.1, 0.15) is 20.8 Å². The van der Waals surface area contributed by atoms with Gasteiger partial charge in [-0.3, -0.25) is 0 Å². The van der Waals surface area contributed by atoms with Gasteiger partial charge in [0.25, 0.3) is 0 Å². The Morgan fingerprint density at radius 3 is 1.75 bits per heavy atom.